The summed E-state index contributed by atoms with van der Waals surface area (Å²) in [6.07, 6.45) is 1.68. The van der Waals surface area contributed by atoms with Crippen molar-refractivity contribution in [3.8, 4) is 40.7 Å². The van der Waals surface area contributed by atoms with Gasteiger partial charge in [0.2, 0.25) is 0 Å². The number of phenols is 4. The maximum atomic E-state index is 12.9. The van der Waals surface area contributed by atoms with Gasteiger partial charge in [0.25, 0.3) is 0 Å². The quantitative estimate of drug-likeness (QED) is 0.383. The van der Waals surface area contributed by atoms with E-state index in [1.165, 1.54) is 38.5 Å². The normalized spacial score (nSPS) is 15.6. The molecule has 1 aliphatic carbocycles. The standard InChI is InChI=1S/C19H16N2O7/c1-27-8-3-10(22)14(11(23)4-8)16-18(21-7-20)17(19(16)26)15-12(24)5-9(28-2)6-13(15)25/h3-6,16,21-25H,1-2H3. The number of benzene rings is 2. The van der Waals surface area contributed by atoms with Gasteiger partial charge in [-0.15, -0.1) is 0 Å². The van der Waals surface area contributed by atoms with Crippen LogP contribution in [0.25, 0.3) is 5.57 Å². The van der Waals surface area contributed by atoms with E-state index in [4.69, 9.17) is 14.7 Å². The number of carbonyl (C=O) groups excluding carboxylic acids is 1. The zero-order chi connectivity index (χ0) is 20.6. The van der Waals surface area contributed by atoms with Gasteiger partial charge in [0.15, 0.2) is 12.0 Å². The van der Waals surface area contributed by atoms with Crippen LogP contribution in [-0.2, 0) is 4.79 Å². The van der Waals surface area contributed by atoms with Crippen LogP contribution in [0.15, 0.2) is 30.0 Å². The molecule has 0 spiro atoms. The third kappa shape index (κ3) is 2.77. The zero-order valence-corrected chi connectivity index (χ0v) is 14.8. The van der Waals surface area contributed by atoms with Gasteiger partial charge in [0, 0.05) is 24.3 Å². The van der Waals surface area contributed by atoms with Gasteiger partial charge in [0.1, 0.15) is 34.5 Å². The molecule has 0 bridgehead atoms. The summed E-state index contributed by atoms with van der Waals surface area (Å²) in [6.45, 7) is 0. The van der Waals surface area contributed by atoms with Gasteiger partial charge >= 0.3 is 0 Å². The number of hydrogen-bond donors (Lipinski definition) is 5. The van der Waals surface area contributed by atoms with Crippen LogP contribution < -0.4 is 14.8 Å². The van der Waals surface area contributed by atoms with Crippen molar-refractivity contribution in [3.05, 3.63) is 41.1 Å². The second-order valence-electron chi connectivity index (χ2n) is 5.94. The van der Waals surface area contributed by atoms with Crippen LogP contribution in [0.2, 0.25) is 0 Å². The van der Waals surface area contributed by atoms with E-state index >= 15 is 0 Å². The highest BCUT2D eigenvalue weighted by Gasteiger charge is 2.45. The maximum Gasteiger partial charge on any atom is 0.181 e. The molecule has 2 aromatic carbocycles. The minimum Gasteiger partial charge on any atom is -0.507 e. The second kappa shape index (κ2) is 6.92. The molecule has 0 fully saturated rings. The van der Waals surface area contributed by atoms with Crippen LogP contribution >= 0.6 is 0 Å². The number of ether oxygens (including phenoxy) is 2. The average molecular weight is 384 g/mol. The smallest absolute Gasteiger partial charge is 0.181 e. The fourth-order valence-corrected chi connectivity index (χ4v) is 3.18. The molecular weight excluding hydrogens is 368 g/mol. The molecule has 0 heterocycles. The molecule has 5 N–H and O–H groups in total. The second-order valence-corrected chi connectivity index (χ2v) is 5.94. The Morgan fingerprint density at radius 3 is 1.82 bits per heavy atom. The Hall–Kier alpha value is -4.06. The van der Waals surface area contributed by atoms with Gasteiger partial charge in [-0.3, -0.25) is 10.1 Å². The number of carbonyl (C=O) groups is 1. The molecule has 9 heteroatoms. The van der Waals surface area contributed by atoms with Crippen molar-refractivity contribution in [1.29, 1.82) is 5.26 Å². The molecule has 0 aromatic heterocycles. The highest BCUT2D eigenvalue weighted by molar-refractivity contribution is 6.33. The van der Waals surface area contributed by atoms with E-state index in [-0.39, 0.29) is 33.9 Å². The number of hydrogen-bond acceptors (Lipinski definition) is 9. The Morgan fingerprint density at radius 2 is 1.39 bits per heavy atom. The van der Waals surface area contributed by atoms with Crippen LogP contribution in [0.5, 0.6) is 34.5 Å². The van der Waals surface area contributed by atoms with Crippen molar-refractivity contribution in [2.45, 2.75) is 5.92 Å². The third-order valence-electron chi connectivity index (χ3n) is 4.45. The van der Waals surface area contributed by atoms with E-state index in [1.807, 2.05) is 0 Å². The fraction of sp³-hybridized carbons (Fsp3) is 0.158. The summed E-state index contributed by atoms with van der Waals surface area (Å²) < 4.78 is 9.88. The summed E-state index contributed by atoms with van der Waals surface area (Å²) in [5.41, 5.74) is -0.440. The van der Waals surface area contributed by atoms with Crippen molar-refractivity contribution in [3.63, 3.8) is 0 Å². The van der Waals surface area contributed by atoms with Gasteiger partial charge < -0.3 is 29.9 Å². The summed E-state index contributed by atoms with van der Waals surface area (Å²) in [7, 11) is 2.69. The first-order valence-electron chi connectivity index (χ1n) is 7.97. The van der Waals surface area contributed by atoms with Gasteiger partial charge in [-0.1, -0.05) is 0 Å². The van der Waals surface area contributed by atoms with Crippen LogP contribution in [0, 0.1) is 11.5 Å². The van der Waals surface area contributed by atoms with E-state index < -0.39 is 34.7 Å². The van der Waals surface area contributed by atoms with E-state index in [1.54, 1.807) is 6.19 Å². The lowest BCUT2D eigenvalue weighted by Crippen LogP contribution is -2.34. The lowest BCUT2D eigenvalue weighted by atomic mass is 9.72. The SMILES string of the molecule is COc1cc(O)c(C2=C(NC#N)C(c3c(O)cc(OC)cc3O)C2=O)c(O)c1. The first-order valence-corrected chi connectivity index (χ1v) is 7.97. The number of phenolic OH excluding ortho intramolecular Hbond substituents is 4. The fourth-order valence-electron chi connectivity index (χ4n) is 3.18. The Kier molecular flexibility index (Phi) is 4.63. The summed E-state index contributed by atoms with van der Waals surface area (Å²) >= 11 is 0. The number of nitriles is 1. The Morgan fingerprint density at radius 1 is 0.929 bits per heavy atom. The van der Waals surface area contributed by atoms with E-state index in [9.17, 15) is 25.2 Å². The molecule has 0 amide bonds. The number of Topliss-reactive ketones (excluding diaryl/α,β-unsaturated/α-hetero) is 1. The van der Waals surface area contributed by atoms with Gasteiger partial charge in [-0.2, -0.15) is 5.26 Å². The molecule has 0 radical (unpaired) electrons. The first-order chi connectivity index (χ1) is 13.3. The predicted octanol–water partition coefficient (Wildman–Crippen LogP) is 1.67. The summed E-state index contributed by atoms with van der Waals surface area (Å²) in [4.78, 5) is 12.9. The van der Waals surface area contributed by atoms with Crippen LogP contribution in [-0.4, -0.2) is 40.4 Å². The number of rotatable bonds is 5. The Labute approximate surface area is 159 Å². The van der Waals surface area contributed by atoms with Crippen molar-refractivity contribution >= 4 is 11.4 Å². The molecule has 0 saturated carbocycles. The van der Waals surface area contributed by atoms with Gasteiger partial charge in [0.05, 0.1) is 42.5 Å². The average Bonchev–Trinajstić information content (AvgIpc) is 2.66. The minimum absolute atomic E-state index is 0.0130. The van der Waals surface area contributed by atoms with Gasteiger partial charge in [-0.25, -0.2) is 0 Å². The van der Waals surface area contributed by atoms with Crippen LogP contribution in [0.1, 0.15) is 17.0 Å². The molecule has 144 valence electrons. The maximum absolute atomic E-state index is 12.9. The highest BCUT2D eigenvalue weighted by Crippen LogP contribution is 2.52. The van der Waals surface area contributed by atoms with Crippen LogP contribution in [0.3, 0.4) is 0 Å². The lowest BCUT2D eigenvalue weighted by Gasteiger charge is -2.32. The number of allylic oxidation sites excluding steroid dienone is 2. The number of ketones is 1. The summed E-state index contributed by atoms with van der Waals surface area (Å²) in [6, 6.07) is 4.84. The molecular formula is C19H16N2O7. The number of nitrogens with zero attached hydrogens (tertiary/aromatic N) is 1. The predicted molar refractivity (Wildman–Crippen MR) is 96.1 cm³/mol. The molecule has 9 nitrogen and oxygen atoms in total. The topological polar surface area (TPSA) is 152 Å². The molecule has 1 aliphatic rings. The molecule has 28 heavy (non-hydrogen) atoms. The zero-order valence-electron chi connectivity index (χ0n) is 14.8. The monoisotopic (exact) mass is 384 g/mol. The van der Waals surface area contributed by atoms with Crippen LogP contribution in [0.4, 0.5) is 0 Å². The highest BCUT2D eigenvalue weighted by atomic mass is 16.5. The molecule has 2 aromatic rings. The number of aromatic hydroxyl groups is 4. The first kappa shape index (κ1) is 18.7. The molecule has 1 unspecified atom stereocenters. The Bertz CT molecular complexity index is 1010. The lowest BCUT2D eigenvalue weighted by molar-refractivity contribution is -0.116. The van der Waals surface area contributed by atoms with Crippen molar-refractivity contribution in [1.82, 2.24) is 5.32 Å². The van der Waals surface area contributed by atoms with Crippen molar-refractivity contribution in [2.75, 3.05) is 14.2 Å². The Balaban J connectivity index is 2.19. The van der Waals surface area contributed by atoms with E-state index in [0.717, 1.165) is 0 Å². The third-order valence-corrected chi connectivity index (χ3v) is 4.45. The van der Waals surface area contributed by atoms with E-state index in [0.29, 0.717) is 0 Å². The number of nitrogens with one attached hydrogen (secondary N) is 1. The van der Waals surface area contributed by atoms with E-state index in [2.05, 4.69) is 5.32 Å². The van der Waals surface area contributed by atoms with Gasteiger partial charge in [-0.05, 0) is 0 Å². The van der Waals surface area contributed by atoms with Crippen molar-refractivity contribution < 1.29 is 34.7 Å². The molecule has 0 aliphatic heterocycles. The molecule has 0 saturated heterocycles. The molecule has 3 rings (SSSR count). The minimum atomic E-state index is -1.19. The van der Waals surface area contributed by atoms with Crippen molar-refractivity contribution in [2.24, 2.45) is 0 Å². The number of methoxy groups -OCH3 is 2. The molecule has 1 atom stereocenters. The summed E-state index contributed by atoms with van der Waals surface area (Å²) in [5, 5.41) is 52.3. The largest absolute Gasteiger partial charge is 0.507 e. The summed E-state index contributed by atoms with van der Waals surface area (Å²) in [5.74, 6) is -3.15.